The molecule has 0 spiro atoms. The van der Waals surface area contributed by atoms with Gasteiger partial charge < -0.3 is 14.8 Å². The predicted octanol–water partition coefficient (Wildman–Crippen LogP) is 1.33. The monoisotopic (exact) mass is 313 g/mol. The van der Waals surface area contributed by atoms with E-state index in [0.717, 1.165) is 16.9 Å². The normalized spacial score (nSPS) is 21.3. The van der Waals surface area contributed by atoms with E-state index in [2.05, 4.69) is 5.32 Å². The van der Waals surface area contributed by atoms with E-state index in [1.807, 2.05) is 18.2 Å². The highest BCUT2D eigenvalue weighted by Crippen LogP contribution is 2.37. The minimum Gasteiger partial charge on any atom is -0.497 e. The molecule has 1 aliphatic rings. The van der Waals surface area contributed by atoms with Crippen LogP contribution in [-0.4, -0.2) is 47.3 Å². The molecule has 1 aromatic carbocycles. The highest BCUT2D eigenvalue weighted by molar-refractivity contribution is 7.92. The Balaban J connectivity index is 2.23. The summed E-state index contributed by atoms with van der Waals surface area (Å²) in [5.41, 5.74) is 2.10. The molecule has 5 nitrogen and oxygen atoms in total. The first-order valence-corrected chi connectivity index (χ1v) is 8.79. The summed E-state index contributed by atoms with van der Waals surface area (Å²) < 4.78 is 35.3. The van der Waals surface area contributed by atoms with Gasteiger partial charge in [0.05, 0.1) is 18.1 Å². The average Bonchev–Trinajstić information content (AvgIpc) is 2.85. The zero-order chi connectivity index (χ0) is 15.5. The van der Waals surface area contributed by atoms with Gasteiger partial charge in [-0.15, -0.1) is 0 Å². The van der Waals surface area contributed by atoms with E-state index in [4.69, 9.17) is 9.47 Å². The van der Waals surface area contributed by atoms with Crippen LogP contribution in [0.25, 0.3) is 0 Å². The number of nitrogens with one attached hydrogen (secondary N) is 1. The van der Waals surface area contributed by atoms with E-state index in [9.17, 15) is 8.42 Å². The van der Waals surface area contributed by atoms with Gasteiger partial charge in [-0.1, -0.05) is 6.07 Å². The molecule has 0 heterocycles. The van der Waals surface area contributed by atoms with Crippen molar-refractivity contribution in [2.45, 2.75) is 24.1 Å². The second-order valence-electron chi connectivity index (χ2n) is 5.29. The van der Waals surface area contributed by atoms with Crippen LogP contribution in [0.15, 0.2) is 18.2 Å². The lowest BCUT2D eigenvalue weighted by molar-refractivity contribution is 0.199. The highest BCUT2D eigenvalue weighted by atomic mass is 32.2. The summed E-state index contributed by atoms with van der Waals surface area (Å²) in [4.78, 5) is 0. The van der Waals surface area contributed by atoms with E-state index < -0.39 is 15.1 Å². The molecule has 1 N–H and O–H groups in total. The van der Waals surface area contributed by atoms with Crippen LogP contribution in [0.4, 0.5) is 0 Å². The number of methoxy groups -OCH3 is 2. The maximum atomic E-state index is 12.6. The Kier molecular flexibility index (Phi) is 5.24. The highest BCUT2D eigenvalue weighted by Gasteiger charge is 2.39. The zero-order valence-electron chi connectivity index (χ0n) is 12.8. The summed E-state index contributed by atoms with van der Waals surface area (Å²) >= 11 is 0. The largest absolute Gasteiger partial charge is 0.497 e. The fraction of sp³-hybridized carbons (Fsp3) is 0.600. The Labute approximate surface area is 126 Å². The fourth-order valence-corrected chi connectivity index (χ4v) is 4.90. The lowest BCUT2D eigenvalue weighted by atomic mass is 10.1. The maximum Gasteiger partial charge on any atom is 0.155 e. The Morgan fingerprint density at radius 2 is 2.10 bits per heavy atom. The number of benzene rings is 1. The minimum absolute atomic E-state index is 0.162. The molecule has 2 rings (SSSR count). The van der Waals surface area contributed by atoms with Crippen molar-refractivity contribution in [1.29, 1.82) is 0 Å². The molecule has 0 aliphatic heterocycles. The van der Waals surface area contributed by atoms with Crippen LogP contribution in [0.5, 0.6) is 5.75 Å². The molecule has 1 aromatic rings. The third kappa shape index (κ3) is 3.39. The Bertz CT molecular complexity index is 585. The summed E-state index contributed by atoms with van der Waals surface area (Å²) in [6.07, 6.45) is 1.09. The van der Waals surface area contributed by atoms with E-state index in [1.165, 1.54) is 0 Å². The molecule has 0 aromatic heterocycles. The maximum absolute atomic E-state index is 12.6. The van der Waals surface area contributed by atoms with Crippen molar-refractivity contribution >= 4 is 9.84 Å². The van der Waals surface area contributed by atoms with E-state index in [0.29, 0.717) is 19.4 Å². The van der Waals surface area contributed by atoms with Gasteiger partial charge in [-0.2, -0.15) is 0 Å². The average molecular weight is 313 g/mol. The smallest absolute Gasteiger partial charge is 0.155 e. The van der Waals surface area contributed by atoms with Gasteiger partial charge in [-0.3, -0.25) is 0 Å². The third-order valence-corrected chi connectivity index (χ3v) is 6.25. The zero-order valence-corrected chi connectivity index (χ0v) is 13.6. The molecule has 6 heteroatoms. The first-order valence-electron chi connectivity index (χ1n) is 7.08. The summed E-state index contributed by atoms with van der Waals surface area (Å²) in [5.74, 6) is 0.917. The second-order valence-corrected chi connectivity index (χ2v) is 7.63. The molecule has 0 fully saturated rings. The third-order valence-electron chi connectivity index (χ3n) is 4.03. The number of fused-ring (bicyclic) bond motifs is 1. The second kappa shape index (κ2) is 6.77. The lowest BCUT2D eigenvalue weighted by Crippen LogP contribution is -2.34. The molecular weight excluding hydrogens is 290 g/mol. The van der Waals surface area contributed by atoms with E-state index in [1.54, 1.807) is 21.3 Å². The number of sulfone groups is 1. The molecule has 0 saturated heterocycles. The van der Waals surface area contributed by atoms with Gasteiger partial charge in [0, 0.05) is 19.8 Å². The van der Waals surface area contributed by atoms with E-state index >= 15 is 0 Å². The molecule has 0 radical (unpaired) electrons. The van der Waals surface area contributed by atoms with Gasteiger partial charge in [-0.05, 0) is 43.1 Å². The van der Waals surface area contributed by atoms with Crippen LogP contribution < -0.4 is 10.1 Å². The first-order chi connectivity index (χ1) is 10.0. The summed E-state index contributed by atoms with van der Waals surface area (Å²) in [7, 11) is 1.84. The quantitative estimate of drug-likeness (QED) is 0.770. The standard InChI is InChI=1S/C15H23NO4S/c1-16-15-13-10-12(20-3)6-5-11(13)9-14(15)21(17,18)8-4-7-19-2/h5-6,10,14-16H,4,7-9H2,1-3H3. The van der Waals surface area contributed by atoms with Crippen molar-refractivity contribution in [1.82, 2.24) is 5.32 Å². The van der Waals surface area contributed by atoms with Crippen LogP contribution in [-0.2, 0) is 21.0 Å². The topological polar surface area (TPSA) is 64.6 Å². The van der Waals surface area contributed by atoms with E-state index in [-0.39, 0.29) is 11.8 Å². The predicted molar refractivity (Wildman–Crippen MR) is 82.6 cm³/mol. The molecule has 21 heavy (non-hydrogen) atoms. The summed E-state index contributed by atoms with van der Waals surface area (Å²) in [5, 5.41) is 2.74. The van der Waals surface area contributed by atoms with Crippen LogP contribution in [0.1, 0.15) is 23.6 Å². The molecule has 0 bridgehead atoms. The van der Waals surface area contributed by atoms with Gasteiger partial charge in [0.25, 0.3) is 0 Å². The Morgan fingerprint density at radius 1 is 1.33 bits per heavy atom. The van der Waals surface area contributed by atoms with Gasteiger partial charge in [0.1, 0.15) is 5.75 Å². The summed E-state index contributed by atoms with van der Waals surface area (Å²) in [6, 6.07) is 5.60. The SMILES string of the molecule is CNC1c2cc(OC)ccc2CC1S(=O)(=O)CCCOC. The Morgan fingerprint density at radius 3 is 2.71 bits per heavy atom. The van der Waals surface area contributed by atoms with Gasteiger partial charge in [0.15, 0.2) is 9.84 Å². The molecule has 2 unspecified atom stereocenters. The van der Waals surface area contributed by atoms with Crippen molar-refractivity contribution in [3.63, 3.8) is 0 Å². The fourth-order valence-electron chi connectivity index (χ4n) is 2.94. The van der Waals surface area contributed by atoms with Crippen LogP contribution in [0, 0.1) is 0 Å². The van der Waals surface area contributed by atoms with Crippen molar-refractivity contribution in [3.05, 3.63) is 29.3 Å². The van der Waals surface area contributed by atoms with Gasteiger partial charge in [0.2, 0.25) is 0 Å². The van der Waals surface area contributed by atoms with Crippen molar-refractivity contribution in [3.8, 4) is 5.75 Å². The molecule has 0 amide bonds. The van der Waals surface area contributed by atoms with Gasteiger partial charge in [-0.25, -0.2) is 8.42 Å². The number of ether oxygens (including phenoxy) is 2. The van der Waals surface area contributed by atoms with Crippen LogP contribution in [0.3, 0.4) is 0 Å². The molecule has 0 saturated carbocycles. The number of hydrogen-bond donors (Lipinski definition) is 1. The summed E-state index contributed by atoms with van der Waals surface area (Å²) in [6.45, 7) is 0.469. The van der Waals surface area contributed by atoms with Crippen molar-refractivity contribution in [2.75, 3.05) is 33.6 Å². The minimum atomic E-state index is -3.16. The van der Waals surface area contributed by atoms with Crippen molar-refractivity contribution in [2.24, 2.45) is 0 Å². The number of rotatable bonds is 7. The van der Waals surface area contributed by atoms with Crippen LogP contribution >= 0.6 is 0 Å². The van der Waals surface area contributed by atoms with Crippen molar-refractivity contribution < 1.29 is 17.9 Å². The number of hydrogen-bond acceptors (Lipinski definition) is 5. The lowest BCUT2D eigenvalue weighted by Gasteiger charge is -2.20. The van der Waals surface area contributed by atoms with Crippen LogP contribution in [0.2, 0.25) is 0 Å². The molecule has 118 valence electrons. The first kappa shape index (κ1) is 16.3. The molecule has 1 aliphatic carbocycles. The molecular formula is C15H23NO4S. The molecule has 2 atom stereocenters. The Hall–Kier alpha value is -1.11. The van der Waals surface area contributed by atoms with Gasteiger partial charge >= 0.3 is 0 Å².